The molecule has 1 fully saturated rings. The van der Waals surface area contributed by atoms with Gasteiger partial charge in [-0.1, -0.05) is 0 Å². The Hall–Kier alpha value is -2.56. The average Bonchev–Trinajstić information content (AvgIpc) is 3.34. The summed E-state index contributed by atoms with van der Waals surface area (Å²) < 4.78 is 21.6. The predicted molar refractivity (Wildman–Crippen MR) is 103 cm³/mol. The van der Waals surface area contributed by atoms with Gasteiger partial charge in [0.05, 0.1) is 7.11 Å². The van der Waals surface area contributed by atoms with E-state index in [-0.39, 0.29) is 11.5 Å². The van der Waals surface area contributed by atoms with E-state index in [4.69, 9.17) is 4.74 Å². The predicted octanol–water partition coefficient (Wildman–Crippen LogP) is 1.41. The Kier molecular flexibility index (Phi) is 5.51. The highest BCUT2D eigenvalue weighted by Gasteiger charge is 2.20. The van der Waals surface area contributed by atoms with Gasteiger partial charge >= 0.3 is 5.69 Å². The molecule has 10 heteroatoms. The van der Waals surface area contributed by atoms with E-state index in [9.17, 15) is 9.18 Å². The molecule has 0 spiro atoms. The maximum absolute atomic E-state index is 13.6. The fourth-order valence-corrected chi connectivity index (χ4v) is 3.95. The van der Waals surface area contributed by atoms with Crippen LogP contribution in [0.5, 0.6) is 5.75 Å². The van der Waals surface area contributed by atoms with Gasteiger partial charge in [0.1, 0.15) is 23.2 Å². The number of benzene rings is 1. The van der Waals surface area contributed by atoms with Crippen molar-refractivity contribution in [1.29, 1.82) is 0 Å². The van der Waals surface area contributed by atoms with Gasteiger partial charge in [-0.15, -0.1) is 11.3 Å². The standard InChI is InChI=1S/C18H21FN6O2S/c1-27-16-5-4-15(19)11-14(16)12-22-6-8-23(9-7-22)13-24-18(26)25(21-20-24)17-3-2-10-28-17/h2-5,10-11H,6-9,12-13H2,1H3. The molecule has 0 aliphatic carbocycles. The van der Waals surface area contributed by atoms with Crippen LogP contribution in [0.15, 0.2) is 40.5 Å². The van der Waals surface area contributed by atoms with Crippen LogP contribution in [0, 0.1) is 5.82 Å². The number of tetrazole rings is 1. The summed E-state index contributed by atoms with van der Waals surface area (Å²) in [6.45, 7) is 4.23. The topological polar surface area (TPSA) is 68.4 Å². The Morgan fingerprint density at radius 3 is 2.64 bits per heavy atom. The quantitative estimate of drug-likeness (QED) is 0.619. The first-order valence-electron chi connectivity index (χ1n) is 8.98. The first kappa shape index (κ1) is 18.8. The lowest BCUT2D eigenvalue weighted by atomic mass is 10.1. The minimum absolute atomic E-state index is 0.241. The van der Waals surface area contributed by atoms with Crippen molar-refractivity contribution in [2.45, 2.75) is 13.2 Å². The smallest absolute Gasteiger partial charge is 0.370 e. The van der Waals surface area contributed by atoms with Gasteiger partial charge in [-0.25, -0.2) is 9.18 Å². The fraction of sp³-hybridized carbons (Fsp3) is 0.389. The Labute approximate surface area is 165 Å². The highest BCUT2D eigenvalue weighted by Crippen LogP contribution is 2.21. The second kappa shape index (κ2) is 8.21. The zero-order valence-corrected chi connectivity index (χ0v) is 16.3. The SMILES string of the molecule is COc1ccc(F)cc1CN1CCN(Cn2nnn(-c3cccs3)c2=O)CC1. The molecule has 2 aromatic heterocycles. The molecular weight excluding hydrogens is 383 g/mol. The number of nitrogens with zero attached hydrogens (tertiary/aromatic N) is 6. The molecule has 1 aromatic carbocycles. The Morgan fingerprint density at radius 2 is 1.93 bits per heavy atom. The number of halogens is 1. The first-order chi connectivity index (χ1) is 13.6. The third-order valence-electron chi connectivity index (χ3n) is 4.79. The molecule has 1 aliphatic heterocycles. The molecule has 4 rings (SSSR count). The number of rotatable bonds is 6. The van der Waals surface area contributed by atoms with Gasteiger partial charge in [0, 0.05) is 38.3 Å². The lowest BCUT2D eigenvalue weighted by Crippen LogP contribution is -2.47. The third kappa shape index (κ3) is 3.98. The van der Waals surface area contributed by atoms with Gasteiger partial charge in [0.15, 0.2) is 0 Å². The molecule has 1 saturated heterocycles. The Balaban J connectivity index is 1.35. The summed E-state index contributed by atoms with van der Waals surface area (Å²) >= 11 is 1.44. The highest BCUT2D eigenvalue weighted by atomic mass is 32.1. The monoisotopic (exact) mass is 404 g/mol. The van der Waals surface area contributed by atoms with Crippen molar-refractivity contribution >= 4 is 11.3 Å². The van der Waals surface area contributed by atoms with Crippen LogP contribution < -0.4 is 10.4 Å². The molecule has 0 bridgehead atoms. The van der Waals surface area contributed by atoms with Crippen LogP contribution in [0.3, 0.4) is 0 Å². The molecule has 0 N–H and O–H groups in total. The van der Waals surface area contributed by atoms with Crippen LogP contribution in [0.1, 0.15) is 5.56 Å². The molecule has 0 radical (unpaired) electrons. The lowest BCUT2D eigenvalue weighted by Gasteiger charge is -2.34. The number of piperazine rings is 1. The second-order valence-corrected chi connectivity index (χ2v) is 7.54. The number of aromatic nitrogens is 4. The first-order valence-corrected chi connectivity index (χ1v) is 9.86. The lowest BCUT2D eigenvalue weighted by molar-refractivity contribution is 0.0963. The summed E-state index contributed by atoms with van der Waals surface area (Å²) in [6, 6.07) is 8.29. The molecule has 0 atom stereocenters. The maximum Gasteiger partial charge on any atom is 0.370 e. The van der Waals surface area contributed by atoms with Crippen LogP contribution in [0.4, 0.5) is 4.39 Å². The summed E-state index contributed by atoms with van der Waals surface area (Å²) in [6.07, 6.45) is 0. The van der Waals surface area contributed by atoms with E-state index in [0.29, 0.717) is 19.0 Å². The minimum Gasteiger partial charge on any atom is -0.496 e. The number of thiophene rings is 1. The van der Waals surface area contributed by atoms with E-state index in [2.05, 4.69) is 20.2 Å². The molecule has 8 nitrogen and oxygen atoms in total. The van der Waals surface area contributed by atoms with Crippen LogP contribution in [0.2, 0.25) is 0 Å². The Bertz CT molecular complexity index is 978. The normalized spacial score (nSPS) is 15.8. The molecular formula is C18H21FN6O2S. The minimum atomic E-state index is -0.261. The summed E-state index contributed by atoms with van der Waals surface area (Å²) in [5.74, 6) is 0.434. The summed E-state index contributed by atoms with van der Waals surface area (Å²) in [4.78, 5) is 16.9. The summed E-state index contributed by atoms with van der Waals surface area (Å²) in [5, 5.41) is 10.6. The van der Waals surface area contributed by atoms with Gasteiger partial charge in [-0.3, -0.25) is 9.80 Å². The van der Waals surface area contributed by atoms with E-state index in [1.165, 1.54) is 32.8 Å². The molecule has 1 aliphatic rings. The number of methoxy groups -OCH3 is 1. The van der Waals surface area contributed by atoms with E-state index >= 15 is 0 Å². The zero-order chi connectivity index (χ0) is 19.5. The van der Waals surface area contributed by atoms with Crippen molar-refractivity contribution in [1.82, 2.24) is 29.6 Å². The Morgan fingerprint density at radius 1 is 1.14 bits per heavy atom. The van der Waals surface area contributed by atoms with Crippen molar-refractivity contribution < 1.29 is 9.13 Å². The molecule has 0 unspecified atom stereocenters. The van der Waals surface area contributed by atoms with E-state index < -0.39 is 0 Å². The largest absolute Gasteiger partial charge is 0.496 e. The van der Waals surface area contributed by atoms with Crippen molar-refractivity contribution in [3.8, 4) is 10.8 Å². The van der Waals surface area contributed by atoms with Crippen LogP contribution in [-0.4, -0.2) is 62.9 Å². The zero-order valence-electron chi connectivity index (χ0n) is 15.5. The van der Waals surface area contributed by atoms with E-state index in [1.54, 1.807) is 13.2 Å². The van der Waals surface area contributed by atoms with Gasteiger partial charge in [-0.2, -0.15) is 9.36 Å². The van der Waals surface area contributed by atoms with Crippen molar-refractivity contribution in [2.24, 2.45) is 0 Å². The van der Waals surface area contributed by atoms with Crippen LogP contribution in [0.25, 0.3) is 5.00 Å². The maximum atomic E-state index is 13.6. The fourth-order valence-electron chi connectivity index (χ4n) is 3.28. The summed E-state index contributed by atoms with van der Waals surface area (Å²) in [5.41, 5.74) is 0.598. The summed E-state index contributed by atoms with van der Waals surface area (Å²) in [7, 11) is 1.59. The van der Waals surface area contributed by atoms with Gasteiger partial charge < -0.3 is 4.74 Å². The van der Waals surface area contributed by atoms with E-state index in [1.807, 2.05) is 17.5 Å². The molecule has 3 aromatic rings. The van der Waals surface area contributed by atoms with Crippen molar-refractivity contribution in [3.05, 3.63) is 57.6 Å². The number of ether oxygens (including phenoxy) is 1. The number of hydrogen-bond donors (Lipinski definition) is 0. The molecule has 28 heavy (non-hydrogen) atoms. The third-order valence-corrected chi connectivity index (χ3v) is 5.63. The number of hydrogen-bond acceptors (Lipinski definition) is 7. The highest BCUT2D eigenvalue weighted by molar-refractivity contribution is 7.12. The van der Waals surface area contributed by atoms with Gasteiger partial charge in [0.25, 0.3) is 0 Å². The van der Waals surface area contributed by atoms with Crippen molar-refractivity contribution in [2.75, 3.05) is 33.3 Å². The second-order valence-electron chi connectivity index (χ2n) is 6.62. The van der Waals surface area contributed by atoms with Crippen LogP contribution >= 0.6 is 11.3 Å². The van der Waals surface area contributed by atoms with Gasteiger partial charge in [0.2, 0.25) is 0 Å². The van der Waals surface area contributed by atoms with Crippen LogP contribution in [-0.2, 0) is 13.2 Å². The van der Waals surface area contributed by atoms with E-state index in [0.717, 1.165) is 36.7 Å². The van der Waals surface area contributed by atoms with Gasteiger partial charge in [-0.05, 0) is 46.1 Å². The molecule has 3 heterocycles. The molecule has 0 saturated carbocycles. The average molecular weight is 404 g/mol. The molecule has 148 valence electrons. The molecule has 0 amide bonds. The van der Waals surface area contributed by atoms with Crippen molar-refractivity contribution in [3.63, 3.8) is 0 Å².